The molecule has 0 radical (unpaired) electrons. The number of anilines is 4. The molecule has 3 aromatic rings. The molecule has 0 saturated carbocycles. The van der Waals surface area contributed by atoms with Crippen molar-refractivity contribution in [1.82, 2.24) is 10.2 Å². The van der Waals surface area contributed by atoms with Crippen LogP contribution in [0.1, 0.15) is 29.8 Å². The van der Waals surface area contributed by atoms with E-state index in [1.54, 1.807) is 30.3 Å². The van der Waals surface area contributed by atoms with Gasteiger partial charge in [-0.2, -0.15) is 13.2 Å². The predicted molar refractivity (Wildman–Crippen MR) is 143 cm³/mol. The molecule has 4 rings (SSSR count). The Hall–Kier alpha value is -3.63. The molecule has 0 unspecified atom stereocenters. The minimum atomic E-state index is -4.45. The van der Waals surface area contributed by atoms with Gasteiger partial charge in [0.2, 0.25) is 0 Å². The van der Waals surface area contributed by atoms with Crippen LogP contribution in [-0.4, -0.2) is 44.1 Å². The van der Waals surface area contributed by atoms with Gasteiger partial charge < -0.3 is 30.3 Å². The number of benzene rings is 3. The number of carbonyl (C=O) groups is 1. The molecule has 0 saturated heterocycles. The van der Waals surface area contributed by atoms with E-state index in [2.05, 4.69) is 34.7 Å². The number of rotatable bonds is 9. The molecule has 38 heavy (non-hydrogen) atoms. The van der Waals surface area contributed by atoms with E-state index in [1.165, 1.54) is 13.2 Å². The largest absolute Gasteiger partial charge is 0.496 e. The number of halogens is 4. The van der Waals surface area contributed by atoms with Gasteiger partial charge in [0.1, 0.15) is 5.75 Å². The summed E-state index contributed by atoms with van der Waals surface area (Å²) in [7, 11) is 1.47. The first kappa shape index (κ1) is 27.4. The molecule has 3 aromatic carbocycles. The van der Waals surface area contributed by atoms with Crippen molar-refractivity contribution >= 4 is 40.3 Å². The quantitative estimate of drug-likeness (QED) is 0.208. The minimum absolute atomic E-state index is 0.228. The number of carbonyl (C=O) groups excluding carboxylic acids is 1. The molecule has 1 heterocycles. The highest BCUT2D eigenvalue weighted by atomic mass is 35.5. The molecule has 1 amide bonds. The smallest absolute Gasteiger partial charge is 0.416 e. The first-order chi connectivity index (χ1) is 18.1. The molecule has 0 atom stereocenters. The Labute approximate surface area is 223 Å². The highest BCUT2D eigenvalue weighted by Gasteiger charge is 2.32. The van der Waals surface area contributed by atoms with Crippen molar-refractivity contribution in [1.29, 1.82) is 0 Å². The van der Waals surface area contributed by atoms with E-state index in [1.807, 2.05) is 0 Å². The summed E-state index contributed by atoms with van der Waals surface area (Å²) in [5.41, 5.74) is 1.41. The van der Waals surface area contributed by atoms with Crippen molar-refractivity contribution in [3.63, 3.8) is 0 Å². The molecular weight excluding hydrogens is 521 g/mol. The number of hydrogen-bond donors (Lipinski definition) is 3. The Kier molecular flexibility index (Phi) is 8.23. The van der Waals surface area contributed by atoms with Gasteiger partial charge in [0.05, 0.1) is 40.3 Å². The number of methoxy groups -OCH3 is 1. The van der Waals surface area contributed by atoms with E-state index in [-0.39, 0.29) is 17.3 Å². The van der Waals surface area contributed by atoms with Crippen molar-refractivity contribution in [2.24, 2.45) is 0 Å². The average molecular weight is 549 g/mol. The Morgan fingerprint density at radius 1 is 1.05 bits per heavy atom. The van der Waals surface area contributed by atoms with E-state index in [0.29, 0.717) is 45.7 Å². The Balaban J connectivity index is 1.49. The number of fused-ring (bicyclic) bond motifs is 2. The number of likely N-dealkylation sites (N-methyl/N-ethyl adjacent to an activating group) is 1. The normalized spacial score (nSPS) is 12.2. The maximum absolute atomic E-state index is 13.1. The van der Waals surface area contributed by atoms with E-state index in [0.717, 1.165) is 31.8 Å². The van der Waals surface area contributed by atoms with Crippen molar-refractivity contribution in [2.45, 2.75) is 20.0 Å². The average Bonchev–Trinajstić information content (AvgIpc) is 2.89. The third-order valence-corrected chi connectivity index (χ3v) is 6.51. The van der Waals surface area contributed by atoms with Gasteiger partial charge in [0.15, 0.2) is 11.5 Å². The molecular formula is C27H28ClF3N4O3. The minimum Gasteiger partial charge on any atom is -0.496 e. The fraction of sp³-hybridized carbons (Fsp3) is 0.296. The second-order valence-corrected chi connectivity index (χ2v) is 8.99. The third-order valence-electron chi connectivity index (χ3n) is 6.20. The summed E-state index contributed by atoms with van der Waals surface area (Å²) in [4.78, 5) is 15.0. The highest BCUT2D eigenvalue weighted by molar-refractivity contribution is 6.34. The van der Waals surface area contributed by atoms with E-state index < -0.39 is 11.7 Å². The zero-order chi connectivity index (χ0) is 27.4. The molecule has 0 spiro atoms. The first-order valence-corrected chi connectivity index (χ1v) is 12.5. The fourth-order valence-corrected chi connectivity index (χ4v) is 4.27. The van der Waals surface area contributed by atoms with Crippen LogP contribution in [-0.2, 0) is 6.18 Å². The van der Waals surface area contributed by atoms with Gasteiger partial charge in [-0.3, -0.25) is 4.79 Å². The molecule has 3 N–H and O–H groups in total. The lowest BCUT2D eigenvalue weighted by Gasteiger charge is -2.23. The number of ether oxygens (including phenoxy) is 2. The maximum Gasteiger partial charge on any atom is 0.416 e. The Bertz CT molecular complexity index is 1330. The van der Waals surface area contributed by atoms with E-state index >= 15 is 0 Å². The van der Waals surface area contributed by atoms with Crippen molar-refractivity contribution in [3.05, 3.63) is 64.7 Å². The van der Waals surface area contributed by atoms with Gasteiger partial charge in [-0.15, -0.1) is 0 Å². The number of nitrogens with one attached hydrogen (secondary N) is 3. The number of nitrogens with zero attached hydrogens (tertiary/aromatic N) is 1. The van der Waals surface area contributed by atoms with Crippen LogP contribution >= 0.6 is 11.6 Å². The molecule has 0 fully saturated rings. The van der Waals surface area contributed by atoms with Crippen molar-refractivity contribution in [2.75, 3.05) is 43.9 Å². The van der Waals surface area contributed by atoms with Crippen molar-refractivity contribution < 1.29 is 27.4 Å². The van der Waals surface area contributed by atoms with Gasteiger partial charge >= 0.3 is 6.18 Å². The van der Waals surface area contributed by atoms with Gasteiger partial charge in [-0.05, 0) is 49.5 Å². The summed E-state index contributed by atoms with van der Waals surface area (Å²) in [6, 6.07) is 11.5. The monoisotopic (exact) mass is 548 g/mol. The number of hydrogen-bond acceptors (Lipinski definition) is 6. The van der Waals surface area contributed by atoms with Crippen LogP contribution in [0.2, 0.25) is 5.02 Å². The van der Waals surface area contributed by atoms with Crippen LogP contribution in [0.15, 0.2) is 48.5 Å². The van der Waals surface area contributed by atoms with Crippen LogP contribution in [0.5, 0.6) is 17.2 Å². The summed E-state index contributed by atoms with van der Waals surface area (Å²) >= 11 is 6.50. The second kappa shape index (κ2) is 11.4. The molecule has 202 valence electrons. The van der Waals surface area contributed by atoms with Crippen LogP contribution in [0.25, 0.3) is 0 Å². The van der Waals surface area contributed by atoms with Gasteiger partial charge in [-0.1, -0.05) is 25.4 Å². The zero-order valence-electron chi connectivity index (χ0n) is 21.1. The summed E-state index contributed by atoms with van der Waals surface area (Å²) in [5.74, 6) is 0.763. The molecule has 0 bridgehead atoms. The topological polar surface area (TPSA) is 74.9 Å². The van der Waals surface area contributed by atoms with Crippen LogP contribution in [0.3, 0.4) is 0 Å². The standard InChI is InChI=1S/C27H28ClF3N4O3/c1-4-35(5-2)11-10-32-26(36)18-14-19(28)21(15-24(18)37-3)33-17-7-8-20-25(13-17)38-23-9-6-16(27(29,30)31)12-22(23)34-20/h6-9,12-15,33-34H,4-5,10-11H2,1-3H3,(H,32,36). The SMILES string of the molecule is CCN(CC)CCNC(=O)c1cc(Cl)c(Nc2ccc3c(c2)Oc2ccc(C(F)(F)F)cc2N3)cc1OC. The molecule has 0 aromatic heterocycles. The fourth-order valence-electron chi connectivity index (χ4n) is 4.06. The second-order valence-electron chi connectivity index (χ2n) is 8.59. The molecule has 7 nitrogen and oxygen atoms in total. The third kappa shape index (κ3) is 6.08. The Morgan fingerprint density at radius 3 is 2.50 bits per heavy atom. The van der Waals surface area contributed by atoms with Gasteiger partial charge in [-0.25, -0.2) is 0 Å². The van der Waals surface area contributed by atoms with E-state index in [9.17, 15) is 18.0 Å². The van der Waals surface area contributed by atoms with Gasteiger partial charge in [0, 0.05) is 30.9 Å². The van der Waals surface area contributed by atoms with Crippen molar-refractivity contribution in [3.8, 4) is 17.2 Å². The Morgan fingerprint density at radius 2 is 1.82 bits per heavy atom. The molecule has 1 aliphatic heterocycles. The van der Waals surface area contributed by atoms with E-state index in [4.69, 9.17) is 21.1 Å². The van der Waals surface area contributed by atoms with Crippen LogP contribution in [0.4, 0.5) is 35.9 Å². The van der Waals surface area contributed by atoms with Crippen LogP contribution in [0, 0.1) is 0 Å². The highest BCUT2D eigenvalue weighted by Crippen LogP contribution is 2.45. The molecule has 0 aliphatic carbocycles. The summed E-state index contributed by atoms with van der Waals surface area (Å²) in [5, 5.41) is 9.37. The molecule has 11 heteroatoms. The molecule has 1 aliphatic rings. The number of alkyl halides is 3. The first-order valence-electron chi connectivity index (χ1n) is 12.1. The summed E-state index contributed by atoms with van der Waals surface area (Å²) in [6.07, 6.45) is -4.45. The lowest BCUT2D eigenvalue weighted by Crippen LogP contribution is -2.34. The summed E-state index contributed by atoms with van der Waals surface area (Å²) in [6.45, 7) is 7.16. The predicted octanol–water partition coefficient (Wildman–Crippen LogP) is 7.03. The zero-order valence-corrected chi connectivity index (χ0v) is 21.9. The van der Waals surface area contributed by atoms with Crippen LogP contribution < -0.4 is 25.4 Å². The summed E-state index contributed by atoms with van der Waals surface area (Å²) < 4.78 is 50.5. The maximum atomic E-state index is 13.1. The van der Waals surface area contributed by atoms with Gasteiger partial charge in [0.25, 0.3) is 5.91 Å². The number of amides is 1. The lowest BCUT2D eigenvalue weighted by atomic mass is 10.1. The lowest BCUT2D eigenvalue weighted by molar-refractivity contribution is -0.137.